The molecule has 15 heteroatoms. The van der Waals surface area contributed by atoms with Crippen LogP contribution in [0.5, 0.6) is 11.5 Å². The summed E-state index contributed by atoms with van der Waals surface area (Å²) >= 11 is 0. The third-order valence-electron chi connectivity index (χ3n) is 7.95. The third-order valence-corrected chi connectivity index (χ3v) is 7.95. The second-order valence-corrected chi connectivity index (χ2v) is 10.6. The lowest BCUT2D eigenvalue weighted by atomic mass is 9.77. The molecule has 0 spiro atoms. The van der Waals surface area contributed by atoms with Gasteiger partial charge in [-0.05, 0) is 30.7 Å². The van der Waals surface area contributed by atoms with Crippen molar-refractivity contribution in [3.8, 4) is 11.5 Å². The average molecular weight is 613 g/mol. The molecule has 2 aliphatic heterocycles. The van der Waals surface area contributed by atoms with Gasteiger partial charge in [0.05, 0.1) is 40.1 Å². The minimum Gasteiger partial charge on any atom is -0.493 e. The molecule has 1 aromatic carbocycles. The van der Waals surface area contributed by atoms with E-state index in [-0.39, 0.29) is 0 Å². The highest BCUT2D eigenvalue weighted by atomic mass is 16.8. The smallest absolute Gasteiger partial charge is 0.339 e. The number of rotatable bonds is 9. The van der Waals surface area contributed by atoms with Crippen molar-refractivity contribution in [2.24, 2.45) is 5.92 Å². The Morgan fingerprint density at radius 3 is 2.35 bits per heavy atom. The zero-order chi connectivity index (χ0) is 31.7. The van der Waals surface area contributed by atoms with Crippen LogP contribution < -0.4 is 9.47 Å². The van der Waals surface area contributed by atoms with E-state index in [1.54, 1.807) is 18.2 Å². The van der Waals surface area contributed by atoms with Gasteiger partial charge in [0.1, 0.15) is 47.3 Å². The molecular weight excluding hydrogens is 576 g/mol. The van der Waals surface area contributed by atoms with Gasteiger partial charge in [-0.1, -0.05) is 6.07 Å². The number of aliphatic hydroxyl groups is 6. The first-order valence-electron chi connectivity index (χ1n) is 13.3. The third kappa shape index (κ3) is 6.07. The summed E-state index contributed by atoms with van der Waals surface area (Å²) < 4.78 is 37.3. The topological polar surface area (TPSA) is 220 Å². The van der Waals surface area contributed by atoms with Crippen molar-refractivity contribution < 1.29 is 73.4 Å². The summed E-state index contributed by atoms with van der Waals surface area (Å²) in [6.07, 6.45) is -8.48. The molecule has 2 fully saturated rings. The van der Waals surface area contributed by atoms with E-state index in [0.29, 0.717) is 17.1 Å². The Morgan fingerprint density at radius 2 is 1.72 bits per heavy atom. The molecule has 1 saturated heterocycles. The molecule has 1 saturated carbocycles. The van der Waals surface area contributed by atoms with Gasteiger partial charge in [0, 0.05) is 12.5 Å². The second kappa shape index (κ2) is 12.8. The van der Waals surface area contributed by atoms with Gasteiger partial charge in [-0.2, -0.15) is 0 Å². The molecule has 0 aromatic heterocycles. The van der Waals surface area contributed by atoms with Crippen molar-refractivity contribution >= 4 is 18.0 Å². The molecule has 2 heterocycles. The number of fused-ring (bicyclic) bond motifs is 1. The number of benzene rings is 1. The lowest BCUT2D eigenvalue weighted by Gasteiger charge is -2.46. The number of esters is 2. The van der Waals surface area contributed by atoms with Gasteiger partial charge in [-0.3, -0.25) is 0 Å². The zero-order valence-corrected chi connectivity index (χ0v) is 23.9. The van der Waals surface area contributed by atoms with Crippen LogP contribution in [0.2, 0.25) is 0 Å². The SMILES string of the molecule is COC(=O)C1=CO[C@@H](O[C@@H]2O[C@H](CO)[C@@H](O)[C@H](O)[C@H]2O)[C@@H]2[C@@](C)(O)[C@@H](OC(=O)/C=C/c3ccc(OC)c(OC)c3)C[C@]12O. The van der Waals surface area contributed by atoms with Crippen molar-refractivity contribution in [1.29, 1.82) is 0 Å². The Balaban J connectivity index is 1.59. The van der Waals surface area contributed by atoms with Gasteiger partial charge in [-0.25, -0.2) is 9.59 Å². The molecule has 1 aliphatic carbocycles. The van der Waals surface area contributed by atoms with Gasteiger partial charge in [0.15, 0.2) is 17.8 Å². The normalized spacial score (nSPS) is 37.2. The first-order valence-corrected chi connectivity index (χ1v) is 13.3. The number of hydrogen-bond acceptors (Lipinski definition) is 15. The monoisotopic (exact) mass is 612 g/mol. The van der Waals surface area contributed by atoms with Crippen LogP contribution in [-0.2, 0) is 33.3 Å². The Labute approximate surface area is 246 Å². The molecule has 0 amide bonds. The molecule has 6 N–H and O–H groups in total. The fourth-order valence-corrected chi connectivity index (χ4v) is 5.61. The standard InChI is InChI=1S/C28H36O15/c1-27(35)18(42-19(30)8-6-13-5-7-15(37-2)16(9-13)38-3)10-28(36)14(24(34)39-4)12-40-26(23(27)28)43-25-22(33)21(32)20(31)17(11-29)41-25/h5-9,12,17-18,20-23,25-26,29,31-33,35-36H,10-11H2,1-4H3/b8-6+/t17-,18+,20-,21+,22-,23-,25+,26+,27+,28+/m1/s1. The first kappa shape index (κ1) is 32.6. The highest BCUT2D eigenvalue weighted by molar-refractivity contribution is 5.91. The summed E-state index contributed by atoms with van der Waals surface area (Å²) in [5.41, 5.74) is -4.18. The lowest BCUT2D eigenvalue weighted by Crippen LogP contribution is -2.62. The van der Waals surface area contributed by atoms with Crippen molar-refractivity contribution in [1.82, 2.24) is 0 Å². The van der Waals surface area contributed by atoms with E-state index in [1.165, 1.54) is 27.2 Å². The quantitative estimate of drug-likeness (QED) is 0.136. The number of hydrogen-bond donors (Lipinski definition) is 6. The maximum Gasteiger partial charge on any atom is 0.339 e. The van der Waals surface area contributed by atoms with E-state index < -0.39 is 90.8 Å². The summed E-state index contributed by atoms with van der Waals surface area (Å²) in [5.74, 6) is -2.51. The molecular formula is C28H36O15. The molecule has 15 nitrogen and oxygen atoms in total. The maximum absolute atomic E-state index is 12.8. The number of aliphatic hydroxyl groups excluding tert-OH is 4. The zero-order valence-electron chi connectivity index (χ0n) is 23.9. The molecule has 238 valence electrons. The van der Waals surface area contributed by atoms with Gasteiger partial charge in [0.25, 0.3) is 0 Å². The van der Waals surface area contributed by atoms with Crippen molar-refractivity contribution in [3.63, 3.8) is 0 Å². The summed E-state index contributed by atoms with van der Waals surface area (Å²) in [5, 5.41) is 63.6. The molecule has 0 radical (unpaired) electrons. The van der Waals surface area contributed by atoms with Gasteiger partial charge < -0.3 is 63.8 Å². The van der Waals surface area contributed by atoms with Crippen LogP contribution >= 0.6 is 0 Å². The molecule has 3 aliphatic rings. The Hall–Kier alpha value is -3.28. The van der Waals surface area contributed by atoms with Crippen molar-refractivity contribution in [2.45, 2.75) is 67.6 Å². The van der Waals surface area contributed by atoms with Gasteiger partial charge in [0.2, 0.25) is 6.29 Å². The molecule has 0 unspecified atom stereocenters. The Bertz CT molecular complexity index is 1240. The predicted octanol–water partition coefficient (Wildman–Crippen LogP) is -1.64. The highest BCUT2D eigenvalue weighted by Gasteiger charge is 2.69. The van der Waals surface area contributed by atoms with Crippen LogP contribution in [0.4, 0.5) is 0 Å². The maximum atomic E-state index is 12.8. The predicted molar refractivity (Wildman–Crippen MR) is 142 cm³/mol. The molecule has 0 bridgehead atoms. The lowest BCUT2D eigenvalue weighted by molar-refractivity contribution is -0.352. The Morgan fingerprint density at radius 1 is 1.02 bits per heavy atom. The number of ether oxygens (including phenoxy) is 7. The Kier molecular flexibility index (Phi) is 9.68. The second-order valence-electron chi connectivity index (χ2n) is 10.6. The fraction of sp³-hybridized carbons (Fsp3) is 0.571. The minimum atomic E-state index is -2.23. The van der Waals surface area contributed by atoms with E-state index in [1.807, 2.05) is 0 Å². The van der Waals surface area contributed by atoms with E-state index in [4.69, 9.17) is 33.2 Å². The van der Waals surface area contributed by atoms with Crippen LogP contribution in [-0.4, -0.2) is 125 Å². The van der Waals surface area contributed by atoms with Crippen LogP contribution in [0.1, 0.15) is 18.9 Å². The van der Waals surface area contributed by atoms with Gasteiger partial charge >= 0.3 is 11.9 Å². The van der Waals surface area contributed by atoms with Crippen molar-refractivity contribution in [2.75, 3.05) is 27.9 Å². The van der Waals surface area contributed by atoms with Gasteiger partial charge in [-0.15, -0.1) is 0 Å². The van der Waals surface area contributed by atoms with Crippen LogP contribution in [0, 0.1) is 5.92 Å². The highest BCUT2D eigenvalue weighted by Crippen LogP contribution is 2.53. The first-order chi connectivity index (χ1) is 20.3. The van der Waals surface area contributed by atoms with Crippen LogP contribution in [0.3, 0.4) is 0 Å². The largest absolute Gasteiger partial charge is 0.493 e. The van der Waals surface area contributed by atoms with E-state index in [9.17, 15) is 40.2 Å². The van der Waals surface area contributed by atoms with E-state index in [0.717, 1.165) is 19.4 Å². The fourth-order valence-electron chi connectivity index (χ4n) is 5.61. The molecule has 4 rings (SSSR count). The molecule has 1 aromatic rings. The summed E-state index contributed by atoms with van der Waals surface area (Å²) in [6.45, 7) is 0.501. The summed E-state index contributed by atoms with van der Waals surface area (Å²) in [6, 6.07) is 4.93. The van der Waals surface area contributed by atoms with Crippen LogP contribution in [0.25, 0.3) is 6.08 Å². The molecule has 43 heavy (non-hydrogen) atoms. The van der Waals surface area contributed by atoms with Crippen LogP contribution in [0.15, 0.2) is 36.1 Å². The average Bonchev–Trinajstić information content (AvgIpc) is 3.20. The summed E-state index contributed by atoms with van der Waals surface area (Å²) in [4.78, 5) is 25.4. The summed E-state index contributed by atoms with van der Waals surface area (Å²) in [7, 11) is 4.01. The minimum absolute atomic E-state index is 0.395. The molecule has 10 atom stereocenters. The van der Waals surface area contributed by atoms with Crippen molar-refractivity contribution in [3.05, 3.63) is 41.7 Å². The number of carbonyl (C=O) groups is 2. The number of carbonyl (C=O) groups excluding carboxylic acids is 2. The van der Waals surface area contributed by atoms with E-state index >= 15 is 0 Å². The van der Waals surface area contributed by atoms with E-state index in [2.05, 4.69) is 0 Å². The number of methoxy groups -OCH3 is 3.